The summed E-state index contributed by atoms with van der Waals surface area (Å²) in [4.78, 5) is 0. The molecule has 1 saturated heterocycles. The molecule has 5 nitrogen and oxygen atoms in total. The maximum atomic E-state index is 4.80. The van der Waals surface area contributed by atoms with Crippen molar-refractivity contribution in [1.29, 1.82) is 0 Å². The van der Waals surface area contributed by atoms with Crippen molar-refractivity contribution < 1.29 is 13.1 Å². The van der Waals surface area contributed by atoms with Gasteiger partial charge in [0.1, 0.15) is 0 Å². The molecule has 1 atom stereocenters. The molecule has 0 aromatic rings. The van der Waals surface area contributed by atoms with E-state index in [1.54, 1.807) is 0 Å². The van der Waals surface area contributed by atoms with E-state index < -0.39 is 0 Å². The van der Waals surface area contributed by atoms with Gasteiger partial charge in [0.15, 0.2) is 0 Å². The Labute approximate surface area is 157 Å². The molecule has 8 heteroatoms. The molecule has 1 heterocycles. The third-order valence-corrected chi connectivity index (χ3v) is 3.72. The second kappa shape index (κ2) is 20.9. The van der Waals surface area contributed by atoms with E-state index in [2.05, 4.69) is 33.5 Å². The molecule has 0 spiro atoms. The van der Waals surface area contributed by atoms with Gasteiger partial charge in [-0.25, -0.2) is 0 Å². The Bertz CT molecular complexity index is 212. The van der Waals surface area contributed by atoms with Crippen LogP contribution in [0.25, 0.3) is 0 Å². The fourth-order valence-corrected chi connectivity index (χ4v) is 2.46. The van der Waals surface area contributed by atoms with Gasteiger partial charge in [-0.05, 0) is 6.42 Å². The van der Waals surface area contributed by atoms with Gasteiger partial charge in [0.2, 0.25) is 0 Å². The summed E-state index contributed by atoms with van der Waals surface area (Å²) >= 11 is 0.00694. The number of unbranched alkanes of at least 4 members (excludes halogenated alkanes) is 2. The molecule has 0 aromatic heterocycles. The van der Waals surface area contributed by atoms with Crippen molar-refractivity contribution in [2.45, 2.75) is 38.6 Å². The predicted octanol–water partition coefficient (Wildman–Crippen LogP) is 1.27. The Morgan fingerprint density at radius 3 is 1.78 bits per heavy atom. The minimum atomic E-state index is 0.00694. The SMILES string of the molecule is CCCCC[C@H]1CNCCNCCNCCNCCN1.[Cl][Mn][Cl]. The molecule has 0 aromatic carbocycles. The summed E-state index contributed by atoms with van der Waals surface area (Å²) in [7, 11) is 9.59. The van der Waals surface area contributed by atoms with Crippen LogP contribution >= 0.6 is 20.2 Å². The summed E-state index contributed by atoms with van der Waals surface area (Å²) in [6, 6.07) is 0.617. The molecular weight excluding hydrogens is 376 g/mol. The second-order valence-corrected chi connectivity index (χ2v) is 7.60. The van der Waals surface area contributed by atoms with Crippen LogP contribution in [0.3, 0.4) is 0 Å². The first-order valence-corrected chi connectivity index (χ1v) is 12.0. The molecule has 1 aliphatic rings. The zero-order chi connectivity index (χ0) is 17.0. The number of hydrogen-bond acceptors (Lipinski definition) is 5. The quantitative estimate of drug-likeness (QED) is 0.357. The Balaban J connectivity index is 0.00000149. The predicted molar refractivity (Wildman–Crippen MR) is 99.1 cm³/mol. The Morgan fingerprint density at radius 2 is 1.26 bits per heavy atom. The van der Waals surface area contributed by atoms with E-state index in [4.69, 9.17) is 20.2 Å². The van der Waals surface area contributed by atoms with Crippen molar-refractivity contribution in [3.05, 3.63) is 0 Å². The molecule has 5 N–H and O–H groups in total. The monoisotopic (exact) mass is 410 g/mol. The molecule has 141 valence electrons. The summed E-state index contributed by atoms with van der Waals surface area (Å²) < 4.78 is 0. The summed E-state index contributed by atoms with van der Waals surface area (Å²) in [5.41, 5.74) is 0. The summed E-state index contributed by atoms with van der Waals surface area (Å²) in [5.74, 6) is 0. The fraction of sp³-hybridized carbons (Fsp3) is 1.00. The average Bonchev–Trinajstić information content (AvgIpc) is 2.55. The second-order valence-electron chi connectivity index (χ2n) is 5.65. The average molecular weight is 411 g/mol. The topological polar surface area (TPSA) is 60.1 Å². The normalized spacial score (nSPS) is 22.3. The van der Waals surface area contributed by atoms with Crippen LogP contribution in [0.2, 0.25) is 0 Å². The van der Waals surface area contributed by atoms with Gasteiger partial charge in [0, 0.05) is 64.9 Å². The number of rotatable bonds is 4. The van der Waals surface area contributed by atoms with Crippen LogP contribution < -0.4 is 26.6 Å². The minimum absolute atomic E-state index is 0.00694. The van der Waals surface area contributed by atoms with E-state index in [9.17, 15) is 0 Å². The zero-order valence-electron chi connectivity index (χ0n) is 14.4. The van der Waals surface area contributed by atoms with E-state index in [0.29, 0.717) is 6.04 Å². The fourth-order valence-electron chi connectivity index (χ4n) is 2.46. The van der Waals surface area contributed by atoms with Crippen LogP contribution in [0.5, 0.6) is 0 Å². The third kappa shape index (κ3) is 19.1. The van der Waals surface area contributed by atoms with Crippen LogP contribution in [-0.4, -0.2) is 64.9 Å². The molecule has 0 amide bonds. The number of hydrogen-bond donors (Lipinski definition) is 5. The third-order valence-electron chi connectivity index (χ3n) is 3.72. The van der Waals surface area contributed by atoms with Gasteiger partial charge in [-0.1, -0.05) is 26.2 Å². The summed E-state index contributed by atoms with van der Waals surface area (Å²) in [6.45, 7) is 11.8. The van der Waals surface area contributed by atoms with E-state index >= 15 is 0 Å². The zero-order valence-corrected chi connectivity index (χ0v) is 17.1. The molecule has 23 heavy (non-hydrogen) atoms. The molecule has 0 aliphatic carbocycles. The summed E-state index contributed by atoms with van der Waals surface area (Å²) in [6.07, 6.45) is 5.28. The van der Waals surface area contributed by atoms with Crippen molar-refractivity contribution in [1.82, 2.24) is 26.6 Å². The first-order chi connectivity index (χ1) is 11.3. The van der Waals surface area contributed by atoms with Crippen molar-refractivity contribution in [3.63, 3.8) is 0 Å². The van der Waals surface area contributed by atoms with Crippen LogP contribution in [0.4, 0.5) is 0 Å². The van der Waals surface area contributed by atoms with E-state index in [0.717, 1.165) is 58.9 Å². The molecule has 0 bridgehead atoms. The Kier molecular flexibility index (Phi) is 21.8. The number of nitrogens with one attached hydrogen (secondary N) is 5. The molecule has 1 aliphatic heterocycles. The van der Waals surface area contributed by atoms with Crippen LogP contribution in [0.15, 0.2) is 0 Å². The van der Waals surface area contributed by atoms with Crippen LogP contribution in [0.1, 0.15) is 32.6 Å². The van der Waals surface area contributed by atoms with E-state index in [1.165, 1.54) is 25.7 Å². The molecule has 0 saturated carbocycles. The van der Waals surface area contributed by atoms with Gasteiger partial charge in [-0.3, -0.25) is 0 Å². The maximum absolute atomic E-state index is 4.80. The molecule has 1 fully saturated rings. The molecule has 1 rings (SSSR count). The summed E-state index contributed by atoms with van der Waals surface area (Å²) in [5, 5.41) is 17.6. The van der Waals surface area contributed by atoms with Gasteiger partial charge < -0.3 is 26.6 Å². The van der Waals surface area contributed by atoms with Gasteiger partial charge in [-0.2, -0.15) is 0 Å². The van der Waals surface area contributed by atoms with Gasteiger partial charge in [0.05, 0.1) is 0 Å². The molecular formula is C15H35Cl2MnN5. The van der Waals surface area contributed by atoms with Crippen molar-refractivity contribution in [3.8, 4) is 0 Å². The van der Waals surface area contributed by atoms with Crippen molar-refractivity contribution in [2.75, 3.05) is 58.9 Å². The van der Waals surface area contributed by atoms with E-state index in [-0.39, 0.29) is 13.1 Å². The van der Waals surface area contributed by atoms with Crippen molar-refractivity contribution in [2.24, 2.45) is 0 Å². The van der Waals surface area contributed by atoms with Crippen LogP contribution in [-0.2, 0) is 13.1 Å². The molecule has 0 unspecified atom stereocenters. The standard InChI is InChI=1S/C15H35N5.2ClH.Mn/c1-2-3-4-5-15-14-19-11-10-17-7-6-16-8-9-18-12-13-20-15;;;/h15-20H,2-14H2,1H3;2*1H;/q;;;+2/p-2/t15-;;;/m0.../s1. The first-order valence-electron chi connectivity index (χ1n) is 8.78. The van der Waals surface area contributed by atoms with Gasteiger partial charge in [0.25, 0.3) is 0 Å². The van der Waals surface area contributed by atoms with Gasteiger partial charge in [-0.15, -0.1) is 0 Å². The first kappa shape index (κ1) is 23.9. The van der Waals surface area contributed by atoms with E-state index in [1.807, 2.05) is 0 Å². The Hall–Kier alpha value is 0.899. The van der Waals surface area contributed by atoms with Gasteiger partial charge >= 0.3 is 33.3 Å². The number of halogens is 2. The Morgan fingerprint density at radius 1 is 0.783 bits per heavy atom. The van der Waals surface area contributed by atoms with Crippen LogP contribution in [0, 0.1) is 0 Å². The van der Waals surface area contributed by atoms with Crippen molar-refractivity contribution >= 4 is 20.2 Å². The molecule has 0 radical (unpaired) electrons.